The fraction of sp³-hybridized carbons (Fsp3) is 0.562. The molecule has 1 saturated heterocycles. The molecule has 1 amide bonds. The highest BCUT2D eigenvalue weighted by molar-refractivity contribution is 7.99. The van der Waals surface area contributed by atoms with E-state index in [0.717, 1.165) is 55.0 Å². The summed E-state index contributed by atoms with van der Waals surface area (Å²) in [6, 6.07) is 6.06. The summed E-state index contributed by atoms with van der Waals surface area (Å²) in [5.41, 5.74) is 3.01. The van der Waals surface area contributed by atoms with Crippen molar-refractivity contribution in [1.29, 1.82) is 0 Å². The Bertz CT molecular complexity index is 454. The van der Waals surface area contributed by atoms with Crippen LogP contribution < -0.4 is 5.32 Å². The van der Waals surface area contributed by atoms with Crippen molar-refractivity contribution in [3.8, 4) is 0 Å². The fourth-order valence-electron chi connectivity index (χ4n) is 2.40. The van der Waals surface area contributed by atoms with Gasteiger partial charge in [0, 0.05) is 36.6 Å². The number of carbonyl (C=O) groups excluding carboxylic acids is 1. The zero-order valence-electron chi connectivity index (χ0n) is 12.4. The van der Waals surface area contributed by atoms with Crippen LogP contribution in [0.15, 0.2) is 18.2 Å². The first-order chi connectivity index (χ1) is 9.72. The van der Waals surface area contributed by atoms with Crippen LogP contribution in [0.3, 0.4) is 0 Å². The van der Waals surface area contributed by atoms with E-state index in [2.05, 4.69) is 18.3 Å². The van der Waals surface area contributed by atoms with E-state index in [1.165, 1.54) is 5.75 Å². The zero-order valence-corrected chi connectivity index (χ0v) is 13.3. The normalized spacial score (nSPS) is 15.8. The van der Waals surface area contributed by atoms with Crippen molar-refractivity contribution in [3.63, 3.8) is 0 Å². The number of carbonyl (C=O) groups is 1. The van der Waals surface area contributed by atoms with Crippen molar-refractivity contribution in [3.05, 3.63) is 29.3 Å². The second kappa shape index (κ2) is 7.58. The van der Waals surface area contributed by atoms with Crippen molar-refractivity contribution in [2.45, 2.75) is 26.7 Å². The Labute approximate surface area is 126 Å². The Morgan fingerprint density at radius 2 is 2.20 bits per heavy atom. The second-order valence-electron chi connectivity index (χ2n) is 5.21. The van der Waals surface area contributed by atoms with Gasteiger partial charge in [-0.2, -0.15) is 11.8 Å². The molecule has 0 spiro atoms. The van der Waals surface area contributed by atoms with Gasteiger partial charge in [0.1, 0.15) is 0 Å². The number of aryl methyl sites for hydroxylation is 1. The highest BCUT2D eigenvalue weighted by atomic mass is 32.2. The maximum absolute atomic E-state index is 12.6. The van der Waals surface area contributed by atoms with Crippen LogP contribution in [0.1, 0.15) is 35.7 Å². The predicted octanol–water partition coefficient (Wildman–Crippen LogP) is 3.40. The lowest BCUT2D eigenvalue weighted by molar-refractivity contribution is 0.0768. The SMILES string of the molecule is CCCNc1ccc(C(=O)N2CCCSCC2)c(C)c1. The molecule has 1 aliphatic heterocycles. The summed E-state index contributed by atoms with van der Waals surface area (Å²) in [6.45, 7) is 6.90. The molecule has 0 radical (unpaired) electrons. The quantitative estimate of drug-likeness (QED) is 0.923. The van der Waals surface area contributed by atoms with E-state index in [4.69, 9.17) is 0 Å². The molecule has 1 aromatic carbocycles. The zero-order chi connectivity index (χ0) is 14.4. The Morgan fingerprint density at radius 3 is 2.95 bits per heavy atom. The number of thioether (sulfide) groups is 1. The molecular weight excluding hydrogens is 268 g/mol. The molecule has 0 bridgehead atoms. The number of hydrogen-bond donors (Lipinski definition) is 1. The molecule has 20 heavy (non-hydrogen) atoms. The third kappa shape index (κ3) is 3.92. The molecule has 4 heteroatoms. The molecule has 1 heterocycles. The standard InChI is InChI=1S/C16H24N2OS/c1-3-7-17-14-5-6-15(13(2)12-14)16(19)18-8-4-10-20-11-9-18/h5-6,12,17H,3-4,7-11H2,1-2H3. The molecule has 1 aliphatic rings. The first-order valence-corrected chi connectivity index (χ1v) is 8.59. The predicted molar refractivity (Wildman–Crippen MR) is 87.8 cm³/mol. The number of nitrogens with one attached hydrogen (secondary N) is 1. The van der Waals surface area contributed by atoms with Crippen molar-refractivity contribution in [2.75, 3.05) is 36.5 Å². The summed E-state index contributed by atoms with van der Waals surface area (Å²) in [7, 11) is 0. The first-order valence-electron chi connectivity index (χ1n) is 7.44. The number of hydrogen-bond acceptors (Lipinski definition) is 3. The van der Waals surface area contributed by atoms with Crippen molar-refractivity contribution in [2.24, 2.45) is 0 Å². The summed E-state index contributed by atoms with van der Waals surface area (Å²) in [4.78, 5) is 14.6. The molecule has 2 rings (SSSR count). The molecule has 0 aromatic heterocycles. The van der Waals surface area contributed by atoms with E-state index in [9.17, 15) is 4.79 Å². The highest BCUT2D eigenvalue weighted by Gasteiger charge is 2.18. The van der Waals surface area contributed by atoms with Gasteiger partial charge in [-0.1, -0.05) is 6.92 Å². The van der Waals surface area contributed by atoms with Gasteiger partial charge in [-0.15, -0.1) is 0 Å². The van der Waals surface area contributed by atoms with Crippen molar-refractivity contribution < 1.29 is 4.79 Å². The molecule has 0 atom stereocenters. The van der Waals surface area contributed by atoms with Crippen LogP contribution in [0.25, 0.3) is 0 Å². The molecule has 1 fully saturated rings. The van der Waals surface area contributed by atoms with E-state index in [0.29, 0.717) is 0 Å². The number of amides is 1. The Balaban J connectivity index is 2.09. The third-order valence-electron chi connectivity index (χ3n) is 3.55. The average Bonchev–Trinajstić information content (AvgIpc) is 2.73. The first kappa shape index (κ1) is 15.2. The number of benzene rings is 1. The molecule has 0 aliphatic carbocycles. The monoisotopic (exact) mass is 292 g/mol. The minimum atomic E-state index is 0.187. The van der Waals surface area contributed by atoms with Gasteiger partial charge in [-0.05, 0) is 49.3 Å². The van der Waals surface area contributed by atoms with Gasteiger partial charge in [0.2, 0.25) is 0 Å². The number of rotatable bonds is 4. The van der Waals surface area contributed by atoms with E-state index < -0.39 is 0 Å². The molecule has 110 valence electrons. The van der Waals surface area contributed by atoms with Gasteiger partial charge in [0.15, 0.2) is 0 Å². The van der Waals surface area contributed by atoms with Crippen LogP contribution in [0.2, 0.25) is 0 Å². The van der Waals surface area contributed by atoms with Gasteiger partial charge in [0.25, 0.3) is 5.91 Å². The van der Waals surface area contributed by atoms with E-state index in [-0.39, 0.29) is 5.91 Å². The lowest BCUT2D eigenvalue weighted by Gasteiger charge is -2.21. The minimum Gasteiger partial charge on any atom is -0.385 e. The highest BCUT2D eigenvalue weighted by Crippen LogP contribution is 2.19. The molecule has 0 unspecified atom stereocenters. The average molecular weight is 292 g/mol. The second-order valence-corrected chi connectivity index (χ2v) is 6.44. The Hall–Kier alpha value is -1.16. The van der Waals surface area contributed by atoms with Crippen LogP contribution in [0.4, 0.5) is 5.69 Å². The van der Waals surface area contributed by atoms with Crippen LogP contribution in [0, 0.1) is 6.92 Å². The largest absolute Gasteiger partial charge is 0.385 e. The summed E-state index contributed by atoms with van der Waals surface area (Å²) in [5, 5.41) is 3.36. The van der Waals surface area contributed by atoms with Gasteiger partial charge in [0.05, 0.1) is 0 Å². The Morgan fingerprint density at radius 1 is 1.35 bits per heavy atom. The van der Waals surface area contributed by atoms with E-state index in [1.54, 1.807) is 0 Å². The van der Waals surface area contributed by atoms with Gasteiger partial charge in [-0.3, -0.25) is 4.79 Å². The lowest BCUT2D eigenvalue weighted by atomic mass is 10.1. The fourth-order valence-corrected chi connectivity index (χ4v) is 3.29. The smallest absolute Gasteiger partial charge is 0.254 e. The van der Waals surface area contributed by atoms with E-state index >= 15 is 0 Å². The van der Waals surface area contributed by atoms with Crippen molar-refractivity contribution in [1.82, 2.24) is 4.90 Å². The van der Waals surface area contributed by atoms with Crippen LogP contribution >= 0.6 is 11.8 Å². The lowest BCUT2D eigenvalue weighted by Crippen LogP contribution is -2.33. The molecular formula is C16H24N2OS. The van der Waals surface area contributed by atoms with Crippen molar-refractivity contribution >= 4 is 23.4 Å². The molecule has 1 aromatic rings. The van der Waals surface area contributed by atoms with Gasteiger partial charge >= 0.3 is 0 Å². The van der Waals surface area contributed by atoms with Gasteiger partial charge in [-0.25, -0.2) is 0 Å². The third-order valence-corrected chi connectivity index (χ3v) is 4.59. The number of anilines is 1. The van der Waals surface area contributed by atoms with Crippen LogP contribution in [-0.2, 0) is 0 Å². The molecule has 1 N–H and O–H groups in total. The summed E-state index contributed by atoms with van der Waals surface area (Å²) < 4.78 is 0. The van der Waals surface area contributed by atoms with Crippen LogP contribution in [0.5, 0.6) is 0 Å². The maximum atomic E-state index is 12.6. The summed E-state index contributed by atoms with van der Waals surface area (Å²) in [6.07, 6.45) is 2.21. The van der Waals surface area contributed by atoms with Crippen LogP contribution in [-0.4, -0.2) is 41.9 Å². The van der Waals surface area contributed by atoms with Gasteiger partial charge < -0.3 is 10.2 Å². The topological polar surface area (TPSA) is 32.3 Å². The van der Waals surface area contributed by atoms with E-state index in [1.807, 2.05) is 35.7 Å². The molecule has 3 nitrogen and oxygen atoms in total. The Kier molecular flexibility index (Phi) is 5.77. The number of nitrogens with zero attached hydrogens (tertiary/aromatic N) is 1. The maximum Gasteiger partial charge on any atom is 0.254 e. The summed E-state index contributed by atoms with van der Waals surface area (Å²) >= 11 is 1.94. The summed E-state index contributed by atoms with van der Waals surface area (Å²) in [5.74, 6) is 2.41. The molecule has 0 saturated carbocycles. The minimum absolute atomic E-state index is 0.187.